The third-order valence-electron chi connectivity index (χ3n) is 1.70. The summed E-state index contributed by atoms with van der Waals surface area (Å²) in [5, 5.41) is 3.09. The quantitative estimate of drug-likeness (QED) is 0.740. The number of likely N-dealkylation sites (N-methyl/N-ethyl adjacent to an activating group) is 1. The van der Waals surface area contributed by atoms with Crippen LogP contribution in [0.15, 0.2) is 18.2 Å². The average Bonchev–Trinajstić information content (AvgIpc) is 2.16. The highest BCUT2D eigenvalue weighted by molar-refractivity contribution is 5.15. The molecule has 3 heteroatoms. The van der Waals surface area contributed by atoms with Crippen molar-refractivity contribution in [2.75, 3.05) is 20.2 Å². The lowest BCUT2D eigenvalue weighted by Gasteiger charge is -2.04. The Morgan fingerprint density at radius 1 is 1.46 bits per heavy atom. The van der Waals surface area contributed by atoms with Gasteiger partial charge in [-0.25, -0.2) is 4.98 Å². The molecule has 0 saturated heterocycles. The van der Waals surface area contributed by atoms with Crippen LogP contribution in [0.25, 0.3) is 0 Å². The SMILES string of the molecule is CCOc1cccc(CCNC)n1. The standard InChI is InChI=1S/C10H16N2O/c1-3-13-10-6-4-5-9(12-10)7-8-11-2/h4-6,11H,3,7-8H2,1-2H3. The summed E-state index contributed by atoms with van der Waals surface area (Å²) in [6.45, 7) is 3.58. The number of ether oxygens (including phenoxy) is 1. The van der Waals surface area contributed by atoms with Crippen molar-refractivity contribution < 1.29 is 4.74 Å². The van der Waals surface area contributed by atoms with Crippen LogP contribution >= 0.6 is 0 Å². The summed E-state index contributed by atoms with van der Waals surface area (Å²) in [6, 6.07) is 5.87. The van der Waals surface area contributed by atoms with Gasteiger partial charge in [-0.1, -0.05) is 6.07 Å². The van der Waals surface area contributed by atoms with Gasteiger partial charge in [0.25, 0.3) is 0 Å². The smallest absolute Gasteiger partial charge is 0.213 e. The van der Waals surface area contributed by atoms with E-state index in [0.29, 0.717) is 6.61 Å². The number of aromatic nitrogens is 1. The van der Waals surface area contributed by atoms with Crippen LogP contribution in [0.3, 0.4) is 0 Å². The molecule has 0 saturated carbocycles. The van der Waals surface area contributed by atoms with E-state index in [0.717, 1.165) is 24.5 Å². The zero-order valence-electron chi connectivity index (χ0n) is 8.21. The summed E-state index contributed by atoms with van der Waals surface area (Å²) < 4.78 is 5.29. The summed E-state index contributed by atoms with van der Waals surface area (Å²) in [6.07, 6.45) is 0.942. The zero-order chi connectivity index (χ0) is 9.52. The van der Waals surface area contributed by atoms with Crippen LogP contribution in [0.1, 0.15) is 12.6 Å². The molecule has 0 aromatic carbocycles. The van der Waals surface area contributed by atoms with Gasteiger partial charge in [-0.15, -0.1) is 0 Å². The Bertz CT molecular complexity index is 250. The molecule has 0 radical (unpaired) electrons. The van der Waals surface area contributed by atoms with Gasteiger partial charge in [0.05, 0.1) is 6.61 Å². The minimum atomic E-state index is 0.669. The van der Waals surface area contributed by atoms with Gasteiger partial charge in [0, 0.05) is 24.7 Å². The molecule has 0 fully saturated rings. The molecule has 0 unspecified atom stereocenters. The number of hydrogen-bond acceptors (Lipinski definition) is 3. The molecule has 0 aliphatic carbocycles. The number of nitrogens with zero attached hydrogens (tertiary/aromatic N) is 1. The average molecular weight is 180 g/mol. The molecule has 0 bridgehead atoms. The molecule has 0 aliphatic rings. The van der Waals surface area contributed by atoms with Crippen molar-refractivity contribution >= 4 is 0 Å². The normalized spacial score (nSPS) is 10.0. The second kappa shape index (κ2) is 5.54. The number of hydrogen-bond donors (Lipinski definition) is 1. The van der Waals surface area contributed by atoms with Gasteiger partial charge in [0.2, 0.25) is 5.88 Å². The van der Waals surface area contributed by atoms with Crippen molar-refractivity contribution in [2.24, 2.45) is 0 Å². The van der Waals surface area contributed by atoms with Crippen molar-refractivity contribution in [2.45, 2.75) is 13.3 Å². The molecule has 0 atom stereocenters. The van der Waals surface area contributed by atoms with Gasteiger partial charge < -0.3 is 10.1 Å². The van der Waals surface area contributed by atoms with E-state index >= 15 is 0 Å². The largest absolute Gasteiger partial charge is 0.478 e. The molecular weight excluding hydrogens is 164 g/mol. The van der Waals surface area contributed by atoms with Crippen molar-refractivity contribution in [3.63, 3.8) is 0 Å². The predicted octanol–water partition coefficient (Wildman–Crippen LogP) is 1.24. The van der Waals surface area contributed by atoms with Crippen molar-refractivity contribution in [1.29, 1.82) is 0 Å². The van der Waals surface area contributed by atoms with Crippen LogP contribution in [0, 0.1) is 0 Å². The first-order chi connectivity index (χ1) is 6.36. The van der Waals surface area contributed by atoms with Gasteiger partial charge >= 0.3 is 0 Å². The van der Waals surface area contributed by atoms with E-state index in [-0.39, 0.29) is 0 Å². The lowest BCUT2D eigenvalue weighted by Crippen LogP contribution is -2.11. The Balaban J connectivity index is 2.56. The highest BCUT2D eigenvalue weighted by atomic mass is 16.5. The molecule has 0 aliphatic heterocycles. The van der Waals surface area contributed by atoms with E-state index < -0.39 is 0 Å². The maximum atomic E-state index is 5.29. The molecule has 13 heavy (non-hydrogen) atoms. The van der Waals surface area contributed by atoms with E-state index in [1.165, 1.54) is 0 Å². The molecule has 1 N–H and O–H groups in total. The Morgan fingerprint density at radius 3 is 3.00 bits per heavy atom. The molecular formula is C10H16N2O. The van der Waals surface area contributed by atoms with Crippen molar-refractivity contribution in [3.05, 3.63) is 23.9 Å². The third-order valence-corrected chi connectivity index (χ3v) is 1.70. The number of pyridine rings is 1. The lowest BCUT2D eigenvalue weighted by molar-refractivity contribution is 0.326. The van der Waals surface area contributed by atoms with Gasteiger partial charge in [0.1, 0.15) is 0 Å². The Labute approximate surface area is 79.1 Å². The van der Waals surface area contributed by atoms with Gasteiger partial charge in [-0.3, -0.25) is 0 Å². The monoisotopic (exact) mass is 180 g/mol. The van der Waals surface area contributed by atoms with E-state index in [1.54, 1.807) is 0 Å². The Hall–Kier alpha value is -1.09. The van der Waals surface area contributed by atoms with Crippen LogP contribution in [0.2, 0.25) is 0 Å². The van der Waals surface area contributed by atoms with Crippen molar-refractivity contribution in [1.82, 2.24) is 10.3 Å². The molecule has 1 heterocycles. The number of nitrogens with one attached hydrogen (secondary N) is 1. The number of rotatable bonds is 5. The van der Waals surface area contributed by atoms with E-state index in [9.17, 15) is 0 Å². The predicted molar refractivity (Wildman–Crippen MR) is 53.0 cm³/mol. The zero-order valence-corrected chi connectivity index (χ0v) is 8.21. The summed E-state index contributed by atoms with van der Waals surface area (Å²) >= 11 is 0. The van der Waals surface area contributed by atoms with Crippen LogP contribution in [-0.2, 0) is 6.42 Å². The first kappa shape index (κ1) is 9.99. The highest BCUT2D eigenvalue weighted by Crippen LogP contribution is 2.07. The fraction of sp³-hybridized carbons (Fsp3) is 0.500. The summed E-state index contributed by atoms with van der Waals surface area (Å²) in [7, 11) is 1.94. The van der Waals surface area contributed by atoms with Gasteiger partial charge in [-0.05, 0) is 20.0 Å². The third kappa shape index (κ3) is 3.42. The molecule has 3 nitrogen and oxygen atoms in total. The Kier molecular flexibility index (Phi) is 4.26. The molecule has 72 valence electrons. The van der Waals surface area contributed by atoms with E-state index in [4.69, 9.17) is 4.74 Å². The topological polar surface area (TPSA) is 34.1 Å². The Morgan fingerprint density at radius 2 is 2.31 bits per heavy atom. The van der Waals surface area contributed by atoms with Crippen LogP contribution in [-0.4, -0.2) is 25.2 Å². The van der Waals surface area contributed by atoms with Crippen LogP contribution in [0.5, 0.6) is 5.88 Å². The summed E-state index contributed by atoms with van der Waals surface area (Å²) in [4.78, 5) is 4.34. The minimum Gasteiger partial charge on any atom is -0.478 e. The maximum absolute atomic E-state index is 5.29. The molecule has 1 aromatic rings. The second-order valence-corrected chi connectivity index (χ2v) is 2.75. The molecule has 0 spiro atoms. The fourth-order valence-electron chi connectivity index (χ4n) is 1.08. The highest BCUT2D eigenvalue weighted by Gasteiger charge is 1.96. The van der Waals surface area contributed by atoms with E-state index in [1.807, 2.05) is 32.2 Å². The maximum Gasteiger partial charge on any atom is 0.213 e. The first-order valence-electron chi connectivity index (χ1n) is 4.60. The van der Waals surface area contributed by atoms with Crippen molar-refractivity contribution in [3.8, 4) is 5.88 Å². The van der Waals surface area contributed by atoms with Gasteiger partial charge in [-0.2, -0.15) is 0 Å². The first-order valence-corrected chi connectivity index (χ1v) is 4.60. The fourth-order valence-corrected chi connectivity index (χ4v) is 1.08. The lowest BCUT2D eigenvalue weighted by atomic mass is 10.3. The van der Waals surface area contributed by atoms with Gasteiger partial charge in [0.15, 0.2) is 0 Å². The molecule has 0 amide bonds. The second-order valence-electron chi connectivity index (χ2n) is 2.75. The molecule has 1 rings (SSSR count). The minimum absolute atomic E-state index is 0.669. The van der Waals surface area contributed by atoms with Crippen LogP contribution in [0.4, 0.5) is 0 Å². The summed E-state index contributed by atoms with van der Waals surface area (Å²) in [5.41, 5.74) is 1.07. The van der Waals surface area contributed by atoms with E-state index in [2.05, 4.69) is 10.3 Å². The molecule has 1 aromatic heterocycles. The van der Waals surface area contributed by atoms with Crippen LogP contribution < -0.4 is 10.1 Å². The summed E-state index contributed by atoms with van der Waals surface area (Å²) in [5.74, 6) is 0.719.